The van der Waals surface area contributed by atoms with E-state index in [2.05, 4.69) is 5.32 Å². The molecule has 130 valence electrons. The molecule has 1 saturated heterocycles. The number of nitrogens with one attached hydrogen (secondary N) is 1. The Bertz CT molecular complexity index is 779. The number of furan rings is 1. The third-order valence-corrected chi connectivity index (χ3v) is 4.17. The molecule has 0 atom stereocenters. The summed E-state index contributed by atoms with van der Waals surface area (Å²) in [4.78, 5) is 36.4. The zero-order valence-corrected chi connectivity index (χ0v) is 13.4. The summed E-state index contributed by atoms with van der Waals surface area (Å²) in [5.74, 6) is -0.202. The first-order valence-corrected chi connectivity index (χ1v) is 7.92. The summed E-state index contributed by atoms with van der Waals surface area (Å²) in [7, 11) is 0. The number of nitro benzene ring substituents is 1. The molecule has 1 aromatic heterocycles. The fraction of sp³-hybridized carbons (Fsp3) is 0.294. The second-order valence-electron chi connectivity index (χ2n) is 5.82. The molecule has 1 aliphatic heterocycles. The molecule has 0 spiro atoms. The molecular weight excluding hydrogens is 326 g/mol. The van der Waals surface area contributed by atoms with E-state index in [-0.39, 0.29) is 29.1 Å². The van der Waals surface area contributed by atoms with Crippen molar-refractivity contribution in [2.24, 2.45) is 0 Å². The van der Waals surface area contributed by atoms with E-state index in [0.717, 1.165) is 0 Å². The van der Waals surface area contributed by atoms with Crippen molar-refractivity contribution in [2.75, 3.05) is 13.1 Å². The van der Waals surface area contributed by atoms with Crippen LogP contribution in [-0.2, 0) is 0 Å². The number of hydrogen-bond donors (Lipinski definition) is 1. The fourth-order valence-electron chi connectivity index (χ4n) is 2.81. The molecule has 1 fully saturated rings. The standard InChI is InChI=1S/C17H17N3O5/c21-16(12-3-1-4-14(11-12)20(23)24)18-13-6-8-19(9-7-13)17(22)15-5-2-10-25-15/h1-5,10-11,13H,6-9H2,(H,18,21). The Morgan fingerprint density at radius 2 is 1.96 bits per heavy atom. The Balaban J connectivity index is 1.55. The van der Waals surface area contributed by atoms with Crippen LogP contribution in [0.1, 0.15) is 33.8 Å². The minimum atomic E-state index is -0.532. The van der Waals surface area contributed by atoms with Gasteiger partial charge in [-0.1, -0.05) is 6.07 Å². The van der Waals surface area contributed by atoms with E-state index in [0.29, 0.717) is 31.7 Å². The molecule has 0 saturated carbocycles. The van der Waals surface area contributed by atoms with Crippen molar-refractivity contribution in [1.29, 1.82) is 0 Å². The average Bonchev–Trinajstić information content (AvgIpc) is 3.16. The molecule has 2 amide bonds. The van der Waals surface area contributed by atoms with E-state index in [4.69, 9.17) is 4.42 Å². The lowest BCUT2D eigenvalue weighted by Crippen LogP contribution is -2.46. The van der Waals surface area contributed by atoms with Crippen LogP contribution in [0, 0.1) is 10.1 Å². The van der Waals surface area contributed by atoms with Gasteiger partial charge in [-0.15, -0.1) is 0 Å². The van der Waals surface area contributed by atoms with Crippen LogP contribution in [0.25, 0.3) is 0 Å². The van der Waals surface area contributed by atoms with Gasteiger partial charge in [0.2, 0.25) is 0 Å². The maximum absolute atomic E-state index is 12.3. The van der Waals surface area contributed by atoms with Gasteiger partial charge in [-0.3, -0.25) is 19.7 Å². The normalized spacial score (nSPS) is 15.0. The fourth-order valence-corrected chi connectivity index (χ4v) is 2.81. The lowest BCUT2D eigenvalue weighted by molar-refractivity contribution is -0.384. The first-order chi connectivity index (χ1) is 12.0. The molecule has 8 nitrogen and oxygen atoms in total. The Morgan fingerprint density at radius 1 is 1.20 bits per heavy atom. The Kier molecular flexibility index (Phi) is 4.78. The summed E-state index contributed by atoms with van der Waals surface area (Å²) in [6.45, 7) is 1.03. The topological polar surface area (TPSA) is 106 Å². The molecule has 8 heteroatoms. The molecule has 3 rings (SSSR count). The van der Waals surface area contributed by atoms with Gasteiger partial charge in [0.1, 0.15) is 0 Å². The van der Waals surface area contributed by atoms with Gasteiger partial charge >= 0.3 is 0 Å². The van der Waals surface area contributed by atoms with E-state index >= 15 is 0 Å². The molecule has 25 heavy (non-hydrogen) atoms. The maximum atomic E-state index is 12.3. The number of carbonyl (C=O) groups excluding carboxylic acids is 2. The number of nitrogens with zero attached hydrogens (tertiary/aromatic N) is 2. The molecule has 1 aromatic carbocycles. The zero-order chi connectivity index (χ0) is 17.8. The predicted molar refractivity (Wildman–Crippen MR) is 88.2 cm³/mol. The highest BCUT2D eigenvalue weighted by Crippen LogP contribution is 2.16. The quantitative estimate of drug-likeness (QED) is 0.677. The van der Waals surface area contributed by atoms with Crippen LogP contribution in [0.4, 0.5) is 5.69 Å². The third-order valence-electron chi connectivity index (χ3n) is 4.17. The summed E-state index contributed by atoms with van der Waals surface area (Å²) in [6, 6.07) is 8.83. The summed E-state index contributed by atoms with van der Waals surface area (Å²) < 4.78 is 5.11. The minimum Gasteiger partial charge on any atom is -0.459 e. The maximum Gasteiger partial charge on any atom is 0.289 e. The van der Waals surface area contributed by atoms with Crippen LogP contribution in [0.15, 0.2) is 47.1 Å². The molecule has 2 aromatic rings. The van der Waals surface area contributed by atoms with Crippen LogP contribution in [0.2, 0.25) is 0 Å². The number of nitro groups is 1. The number of piperidine rings is 1. The van der Waals surface area contributed by atoms with Gasteiger partial charge in [-0.05, 0) is 31.0 Å². The first kappa shape index (κ1) is 16.7. The van der Waals surface area contributed by atoms with E-state index < -0.39 is 4.92 Å². The smallest absolute Gasteiger partial charge is 0.289 e. The van der Waals surface area contributed by atoms with Crippen molar-refractivity contribution in [3.63, 3.8) is 0 Å². The second kappa shape index (κ2) is 7.16. The van der Waals surface area contributed by atoms with Crippen LogP contribution in [0.5, 0.6) is 0 Å². The summed E-state index contributed by atoms with van der Waals surface area (Å²) >= 11 is 0. The third kappa shape index (κ3) is 3.85. The SMILES string of the molecule is O=C(NC1CCN(C(=O)c2ccco2)CC1)c1cccc([N+](=O)[O-])c1. The van der Waals surface area contributed by atoms with Crippen molar-refractivity contribution in [2.45, 2.75) is 18.9 Å². The molecule has 1 N–H and O–H groups in total. The van der Waals surface area contributed by atoms with Crippen LogP contribution in [-0.4, -0.2) is 40.8 Å². The Labute approximate surface area is 143 Å². The zero-order valence-electron chi connectivity index (χ0n) is 13.4. The number of rotatable bonds is 4. The van der Waals surface area contributed by atoms with Gasteiger partial charge in [0.15, 0.2) is 5.76 Å². The van der Waals surface area contributed by atoms with E-state index in [1.165, 1.54) is 30.5 Å². The van der Waals surface area contributed by atoms with Crippen molar-refractivity contribution in [1.82, 2.24) is 10.2 Å². The van der Waals surface area contributed by atoms with Crippen LogP contribution >= 0.6 is 0 Å². The molecule has 2 heterocycles. The number of hydrogen-bond acceptors (Lipinski definition) is 5. The highest BCUT2D eigenvalue weighted by molar-refractivity contribution is 5.95. The highest BCUT2D eigenvalue weighted by atomic mass is 16.6. The van der Waals surface area contributed by atoms with Crippen molar-refractivity contribution >= 4 is 17.5 Å². The number of likely N-dealkylation sites (tertiary alicyclic amines) is 1. The average molecular weight is 343 g/mol. The van der Waals surface area contributed by atoms with Gasteiger partial charge in [0, 0.05) is 36.8 Å². The molecular formula is C17H17N3O5. The van der Waals surface area contributed by atoms with Crippen molar-refractivity contribution < 1.29 is 18.9 Å². The number of non-ortho nitro benzene ring substituents is 1. The Hall–Kier alpha value is -3.16. The first-order valence-electron chi connectivity index (χ1n) is 7.92. The van der Waals surface area contributed by atoms with Gasteiger partial charge in [-0.2, -0.15) is 0 Å². The molecule has 0 unspecified atom stereocenters. The van der Waals surface area contributed by atoms with Gasteiger partial charge in [-0.25, -0.2) is 0 Å². The molecule has 0 aliphatic carbocycles. The minimum absolute atomic E-state index is 0.0765. The van der Waals surface area contributed by atoms with Crippen LogP contribution in [0.3, 0.4) is 0 Å². The number of carbonyl (C=O) groups is 2. The molecule has 1 aliphatic rings. The lowest BCUT2D eigenvalue weighted by atomic mass is 10.0. The summed E-state index contributed by atoms with van der Waals surface area (Å²) in [6.07, 6.45) is 2.69. The summed E-state index contributed by atoms with van der Waals surface area (Å²) in [5.41, 5.74) is 0.134. The highest BCUT2D eigenvalue weighted by Gasteiger charge is 2.26. The van der Waals surface area contributed by atoms with E-state index in [1.54, 1.807) is 17.0 Å². The monoisotopic (exact) mass is 343 g/mol. The van der Waals surface area contributed by atoms with Gasteiger partial charge < -0.3 is 14.6 Å². The largest absolute Gasteiger partial charge is 0.459 e. The van der Waals surface area contributed by atoms with Gasteiger partial charge in [0.25, 0.3) is 17.5 Å². The van der Waals surface area contributed by atoms with Crippen molar-refractivity contribution in [3.8, 4) is 0 Å². The lowest BCUT2D eigenvalue weighted by Gasteiger charge is -2.31. The van der Waals surface area contributed by atoms with Crippen LogP contribution < -0.4 is 5.32 Å². The summed E-state index contributed by atoms with van der Waals surface area (Å²) in [5, 5.41) is 13.7. The van der Waals surface area contributed by atoms with Gasteiger partial charge in [0.05, 0.1) is 11.2 Å². The Morgan fingerprint density at radius 3 is 2.60 bits per heavy atom. The number of benzene rings is 1. The van der Waals surface area contributed by atoms with Crippen molar-refractivity contribution in [3.05, 3.63) is 64.1 Å². The number of amides is 2. The molecule has 0 radical (unpaired) electrons. The van der Waals surface area contributed by atoms with E-state index in [1.807, 2.05) is 0 Å². The van der Waals surface area contributed by atoms with E-state index in [9.17, 15) is 19.7 Å². The molecule has 0 bridgehead atoms. The predicted octanol–water partition coefficient (Wildman–Crippen LogP) is 2.22. The second-order valence-corrected chi connectivity index (χ2v) is 5.82.